The first kappa shape index (κ1) is 56.1. The number of esters is 1. The van der Waals surface area contributed by atoms with Crippen LogP contribution in [0.1, 0.15) is 258 Å². The molecule has 0 aromatic carbocycles. The number of hydrogen-bond donors (Lipinski definition) is 3. The molecule has 0 aromatic heterocycles. The average molecular weight is 816 g/mol. The second kappa shape index (κ2) is 46.2. The van der Waals surface area contributed by atoms with Gasteiger partial charge in [-0.15, -0.1) is 0 Å². The van der Waals surface area contributed by atoms with Gasteiger partial charge in [0, 0.05) is 6.42 Å². The standard InChI is InChI=1S/C52H97NO5/c1-4-7-10-13-16-19-22-24-26-29-31-34-37-40-43-48(58-52(57)45-42-39-36-33-30-27-25-23-20-17-14-11-8-5-2)46-51(56)53-49(47-54)50(55)44-41-38-35-32-28-21-18-15-12-9-6-3/h7,10,16,19,24,26,48-50,54-55H,4-6,8-9,11-15,17-18,20-23,25,27-47H2,1-3H3,(H,53,56)/b10-7+,19-16+,26-24+. The van der Waals surface area contributed by atoms with E-state index in [0.29, 0.717) is 19.3 Å². The number of amides is 1. The van der Waals surface area contributed by atoms with Crippen LogP contribution in [0.25, 0.3) is 0 Å². The maximum absolute atomic E-state index is 13.2. The number of nitrogens with one attached hydrogen (secondary N) is 1. The summed E-state index contributed by atoms with van der Waals surface area (Å²) in [4.78, 5) is 26.1. The highest BCUT2D eigenvalue weighted by atomic mass is 16.5. The zero-order valence-electron chi connectivity index (χ0n) is 38.7. The number of aliphatic hydroxyl groups is 2. The molecular weight excluding hydrogens is 719 g/mol. The van der Waals surface area contributed by atoms with Gasteiger partial charge in [0.25, 0.3) is 0 Å². The van der Waals surface area contributed by atoms with Gasteiger partial charge < -0.3 is 20.3 Å². The van der Waals surface area contributed by atoms with E-state index >= 15 is 0 Å². The molecule has 0 rings (SSSR count). The summed E-state index contributed by atoms with van der Waals surface area (Å²) < 4.78 is 5.92. The minimum atomic E-state index is -0.790. The van der Waals surface area contributed by atoms with Gasteiger partial charge in [-0.3, -0.25) is 9.59 Å². The van der Waals surface area contributed by atoms with Crippen LogP contribution < -0.4 is 5.32 Å². The van der Waals surface area contributed by atoms with Crippen LogP contribution in [0.5, 0.6) is 0 Å². The van der Waals surface area contributed by atoms with Crippen molar-refractivity contribution in [3.05, 3.63) is 36.5 Å². The van der Waals surface area contributed by atoms with Crippen LogP contribution in [0.15, 0.2) is 36.5 Å². The van der Waals surface area contributed by atoms with Crippen molar-refractivity contribution in [2.45, 2.75) is 277 Å². The zero-order chi connectivity index (χ0) is 42.4. The third kappa shape index (κ3) is 40.8. The van der Waals surface area contributed by atoms with Crippen molar-refractivity contribution in [2.24, 2.45) is 0 Å². The Balaban J connectivity index is 4.60. The largest absolute Gasteiger partial charge is 0.462 e. The fourth-order valence-corrected chi connectivity index (χ4v) is 7.68. The molecule has 0 heterocycles. The number of unbranched alkanes of at least 4 members (excludes halogenated alkanes) is 27. The van der Waals surface area contributed by atoms with Crippen LogP contribution in [0.3, 0.4) is 0 Å². The molecule has 3 N–H and O–H groups in total. The topological polar surface area (TPSA) is 95.9 Å². The summed E-state index contributed by atoms with van der Waals surface area (Å²) in [5.41, 5.74) is 0. The van der Waals surface area contributed by atoms with Crippen molar-refractivity contribution < 1.29 is 24.5 Å². The maximum atomic E-state index is 13.2. The maximum Gasteiger partial charge on any atom is 0.306 e. The van der Waals surface area contributed by atoms with Crippen molar-refractivity contribution in [2.75, 3.05) is 6.61 Å². The molecular formula is C52H97NO5. The third-order valence-corrected chi connectivity index (χ3v) is 11.5. The molecule has 340 valence electrons. The van der Waals surface area contributed by atoms with Crippen LogP contribution in [0.2, 0.25) is 0 Å². The Hall–Kier alpha value is -1.92. The molecule has 1 amide bonds. The smallest absolute Gasteiger partial charge is 0.306 e. The molecule has 0 fully saturated rings. The van der Waals surface area contributed by atoms with Crippen molar-refractivity contribution in [1.29, 1.82) is 0 Å². The lowest BCUT2D eigenvalue weighted by Gasteiger charge is -2.24. The van der Waals surface area contributed by atoms with Gasteiger partial charge in [0.05, 0.1) is 25.2 Å². The first-order valence-corrected chi connectivity index (χ1v) is 25.2. The molecule has 6 heteroatoms. The number of ether oxygens (including phenoxy) is 1. The lowest BCUT2D eigenvalue weighted by atomic mass is 10.0. The van der Waals surface area contributed by atoms with E-state index in [4.69, 9.17) is 4.74 Å². The molecule has 0 saturated heterocycles. The quantitative estimate of drug-likeness (QED) is 0.0323. The van der Waals surface area contributed by atoms with Crippen molar-refractivity contribution in [3.8, 4) is 0 Å². The van der Waals surface area contributed by atoms with Crippen LogP contribution in [0.4, 0.5) is 0 Å². The SMILES string of the molecule is CC/C=C/C/C=C/C/C=C/CCCCCCC(CC(=O)NC(CO)C(O)CCCCCCCCCCCCC)OC(=O)CCCCCCCCCCCCCCCC. The van der Waals surface area contributed by atoms with E-state index in [1.165, 1.54) is 122 Å². The van der Waals surface area contributed by atoms with Gasteiger partial charge in [-0.25, -0.2) is 0 Å². The summed E-state index contributed by atoms with van der Waals surface area (Å²) in [6.07, 6.45) is 53.4. The Labute approximate surface area is 360 Å². The lowest BCUT2D eigenvalue weighted by molar-refractivity contribution is -0.151. The molecule has 0 aliphatic rings. The first-order valence-electron chi connectivity index (χ1n) is 25.2. The Bertz CT molecular complexity index is 961. The van der Waals surface area contributed by atoms with Gasteiger partial charge >= 0.3 is 5.97 Å². The lowest BCUT2D eigenvalue weighted by Crippen LogP contribution is -2.46. The molecule has 0 aliphatic carbocycles. The fourth-order valence-electron chi connectivity index (χ4n) is 7.68. The predicted octanol–water partition coefficient (Wildman–Crippen LogP) is 14.9. The number of carbonyl (C=O) groups is 2. The van der Waals surface area contributed by atoms with Crippen LogP contribution in [-0.2, 0) is 14.3 Å². The van der Waals surface area contributed by atoms with Gasteiger partial charge in [0.2, 0.25) is 5.91 Å². The number of aliphatic hydroxyl groups excluding tert-OH is 2. The number of rotatable bonds is 45. The summed E-state index contributed by atoms with van der Waals surface area (Å²) in [6, 6.07) is -0.705. The highest BCUT2D eigenvalue weighted by Gasteiger charge is 2.24. The van der Waals surface area contributed by atoms with E-state index < -0.39 is 18.2 Å². The molecule has 3 atom stereocenters. The van der Waals surface area contributed by atoms with E-state index in [-0.39, 0.29) is 24.9 Å². The minimum Gasteiger partial charge on any atom is -0.462 e. The Morgan fingerprint density at radius 2 is 0.931 bits per heavy atom. The summed E-state index contributed by atoms with van der Waals surface area (Å²) in [5.74, 6) is -0.487. The summed E-state index contributed by atoms with van der Waals surface area (Å²) >= 11 is 0. The zero-order valence-corrected chi connectivity index (χ0v) is 38.7. The molecule has 0 saturated carbocycles. The summed E-state index contributed by atoms with van der Waals surface area (Å²) in [5, 5.41) is 23.7. The van der Waals surface area contributed by atoms with Crippen molar-refractivity contribution >= 4 is 11.9 Å². The van der Waals surface area contributed by atoms with E-state index in [9.17, 15) is 19.8 Å². The van der Waals surface area contributed by atoms with E-state index in [0.717, 1.165) is 89.9 Å². The second-order valence-electron chi connectivity index (χ2n) is 17.2. The van der Waals surface area contributed by atoms with Crippen LogP contribution >= 0.6 is 0 Å². The third-order valence-electron chi connectivity index (χ3n) is 11.5. The highest BCUT2D eigenvalue weighted by Crippen LogP contribution is 2.18. The Morgan fingerprint density at radius 1 is 0.517 bits per heavy atom. The monoisotopic (exact) mass is 816 g/mol. The molecule has 0 aliphatic heterocycles. The van der Waals surface area contributed by atoms with Gasteiger partial charge in [-0.1, -0.05) is 224 Å². The van der Waals surface area contributed by atoms with Crippen molar-refractivity contribution in [3.63, 3.8) is 0 Å². The molecule has 0 aromatic rings. The Morgan fingerprint density at radius 3 is 1.41 bits per heavy atom. The van der Waals surface area contributed by atoms with Crippen LogP contribution in [0, 0.1) is 0 Å². The van der Waals surface area contributed by atoms with Gasteiger partial charge in [-0.05, 0) is 57.8 Å². The van der Waals surface area contributed by atoms with Gasteiger partial charge in [0.15, 0.2) is 0 Å². The van der Waals surface area contributed by atoms with Crippen LogP contribution in [-0.4, -0.2) is 46.9 Å². The molecule has 6 nitrogen and oxygen atoms in total. The van der Waals surface area contributed by atoms with Gasteiger partial charge in [-0.2, -0.15) is 0 Å². The minimum absolute atomic E-state index is 0.0661. The fraction of sp³-hybridized carbons (Fsp3) is 0.846. The molecule has 0 spiro atoms. The molecule has 3 unspecified atom stereocenters. The summed E-state index contributed by atoms with van der Waals surface area (Å²) in [7, 11) is 0. The van der Waals surface area contributed by atoms with E-state index in [1.807, 2.05) is 0 Å². The number of allylic oxidation sites excluding steroid dienone is 6. The number of hydrogen-bond acceptors (Lipinski definition) is 5. The van der Waals surface area contributed by atoms with Gasteiger partial charge in [0.1, 0.15) is 6.10 Å². The predicted molar refractivity (Wildman–Crippen MR) is 250 cm³/mol. The molecule has 58 heavy (non-hydrogen) atoms. The second-order valence-corrected chi connectivity index (χ2v) is 17.2. The molecule has 0 bridgehead atoms. The van der Waals surface area contributed by atoms with Crippen molar-refractivity contribution in [1.82, 2.24) is 5.32 Å². The Kier molecular flexibility index (Phi) is 44.6. The normalized spacial score (nSPS) is 13.5. The summed E-state index contributed by atoms with van der Waals surface area (Å²) in [6.45, 7) is 6.37. The van der Waals surface area contributed by atoms with E-state index in [1.54, 1.807) is 0 Å². The number of carbonyl (C=O) groups excluding carboxylic acids is 2. The van der Waals surface area contributed by atoms with E-state index in [2.05, 4.69) is 62.5 Å². The highest BCUT2D eigenvalue weighted by molar-refractivity contribution is 5.77. The average Bonchev–Trinajstić information content (AvgIpc) is 3.22. The molecule has 0 radical (unpaired) electrons. The first-order chi connectivity index (χ1) is 28.5.